The molecule has 1 heterocycles. The van der Waals surface area contributed by atoms with Gasteiger partial charge in [-0.25, -0.2) is 4.79 Å². The van der Waals surface area contributed by atoms with Gasteiger partial charge in [-0.2, -0.15) is 5.10 Å². The summed E-state index contributed by atoms with van der Waals surface area (Å²) in [5.41, 5.74) is 1.79. The average Bonchev–Trinajstić information content (AvgIpc) is 3.17. The maximum absolute atomic E-state index is 11.9. The molecule has 2 unspecified atom stereocenters. The van der Waals surface area contributed by atoms with Crippen molar-refractivity contribution in [1.82, 2.24) is 5.01 Å². The van der Waals surface area contributed by atoms with E-state index in [1.165, 1.54) is 13.2 Å². The summed E-state index contributed by atoms with van der Waals surface area (Å²) >= 11 is 0. The predicted molar refractivity (Wildman–Crippen MR) is 122 cm³/mol. The van der Waals surface area contributed by atoms with Crippen LogP contribution in [0.2, 0.25) is 0 Å². The molecule has 31 heavy (non-hydrogen) atoms. The van der Waals surface area contributed by atoms with Gasteiger partial charge in [0.1, 0.15) is 5.60 Å². The van der Waals surface area contributed by atoms with Gasteiger partial charge in [0.25, 0.3) is 0 Å². The van der Waals surface area contributed by atoms with E-state index < -0.39 is 17.0 Å². The summed E-state index contributed by atoms with van der Waals surface area (Å²) < 4.78 is 10.1. The molecule has 0 radical (unpaired) electrons. The first-order valence-corrected chi connectivity index (χ1v) is 10.8. The number of rotatable bonds is 6. The molecule has 6 nitrogen and oxygen atoms in total. The predicted octanol–water partition coefficient (Wildman–Crippen LogP) is 3.79. The zero-order chi connectivity index (χ0) is 22.6. The van der Waals surface area contributed by atoms with Gasteiger partial charge < -0.3 is 14.6 Å². The second kappa shape index (κ2) is 9.37. The van der Waals surface area contributed by atoms with Crippen molar-refractivity contribution < 1.29 is 19.4 Å². The van der Waals surface area contributed by atoms with Crippen LogP contribution in [0.25, 0.3) is 0 Å². The normalized spacial score (nSPS) is 27.0. The van der Waals surface area contributed by atoms with E-state index in [1.807, 2.05) is 31.2 Å². The number of carbonyl (C=O) groups excluding carboxylic acids is 1. The number of hydrogen-bond acceptors (Lipinski definition) is 6. The van der Waals surface area contributed by atoms with Gasteiger partial charge >= 0.3 is 5.97 Å². The fraction of sp³-hybridized carbons (Fsp3) is 0.520. The summed E-state index contributed by atoms with van der Waals surface area (Å²) in [6, 6.07) is 8.21. The monoisotopic (exact) mass is 426 g/mol. The van der Waals surface area contributed by atoms with Crippen molar-refractivity contribution in [2.75, 3.05) is 27.4 Å². The molecule has 3 rings (SSSR count). The number of aliphatic hydroxyl groups is 1. The first-order chi connectivity index (χ1) is 14.7. The highest BCUT2D eigenvalue weighted by atomic mass is 16.5. The number of allylic oxidation sites excluding steroid dienone is 2. The van der Waals surface area contributed by atoms with Crippen LogP contribution in [-0.2, 0) is 19.9 Å². The minimum Gasteiger partial charge on any atom is -0.466 e. The lowest BCUT2D eigenvalue weighted by atomic mass is 9.62. The molecule has 0 spiro atoms. The number of carbonyl (C=O) groups is 1. The van der Waals surface area contributed by atoms with E-state index in [1.54, 1.807) is 19.3 Å². The first-order valence-electron chi connectivity index (χ1n) is 10.8. The third-order valence-electron chi connectivity index (χ3n) is 6.38. The van der Waals surface area contributed by atoms with Crippen LogP contribution >= 0.6 is 0 Å². The second-order valence-corrected chi connectivity index (χ2v) is 9.08. The molecule has 0 bridgehead atoms. The number of hydrogen-bond donors (Lipinski definition) is 1. The fourth-order valence-electron chi connectivity index (χ4n) is 4.50. The number of methoxy groups -OCH3 is 2. The highest BCUT2D eigenvalue weighted by Gasteiger charge is 2.49. The van der Waals surface area contributed by atoms with E-state index in [4.69, 9.17) is 14.6 Å². The lowest BCUT2D eigenvalue weighted by molar-refractivity contribution is -0.134. The number of benzene rings is 1. The minimum absolute atomic E-state index is 0.291. The van der Waals surface area contributed by atoms with Gasteiger partial charge in [0.05, 0.1) is 25.5 Å². The van der Waals surface area contributed by atoms with E-state index in [0.717, 1.165) is 36.2 Å². The number of ether oxygens (including phenoxy) is 2. The van der Waals surface area contributed by atoms with Crippen LogP contribution < -0.4 is 0 Å². The van der Waals surface area contributed by atoms with Gasteiger partial charge in [-0.3, -0.25) is 5.01 Å². The van der Waals surface area contributed by atoms with Gasteiger partial charge in [-0.15, -0.1) is 0 Å². The third-order valence-corrected chi connectivity index (χ3v) is 6.38. The molecule has 0 saturated carbocycles. The molecule has 1 aromatic rings. The van der Waals surface area contributed by atoms with Gasteiger partial charge in [0.15, 0.2) is 0 Å². The highest BCUT2D eigenvalue weighted by molar-refractivity contribution is 6.04. The lowest BCUT2D eigenvalue weighted by Crippen LogP contribution is -2.47. The smallest absolute Gasteiger partial charge is 0.330 e. The average molecular weight is 427 g/mol. The minimum atomic E-state index is -1.20. The summed E-state index contributed by atoms with van der Waals surface area (Å²) in [4.78, 5) is 11.5. The van der Waals surface area contributed by atoms with Crippen molar-refractivity contribution >= 4 is 11.7 Å². The SMILES string of the molecule is COCC1CCCN1/N=C1/CC(C)(C)C(O)(/C=C/C(C)=C/C(=O)OC)c2ccccc21. The van der Waals surface area contributed by atoms with E-state index >= 15 is 0 Å². The Kier molecular flexibility index (Phi) is 7.02. The highest BCUT2D eigenvalue weighted by Crippen LogP contribution is 2.49. The van der Waals surface area contributed by atoms with E-state index in [-0.39, 0.29) is 0 Å². The molecule has 2 aliphatic rings. The number of fused-ring (bicyclic) bond motifs is 1. The summed E-state index contributed by atoms with van der Waals surface area (Å²) in [5, 5.41) is 19.1. The number of esters is 1. The lowest BCUT2D eigenvalue weighted by Gasteiger charge is -2.46. The molecule has 6 heteroatoms. The fourth-order valence-corrected chi connectivity index (χ4v) is 4.50. The first kappa shape index (κ1) is 23.2. The standard InChI is InChI=1S/C25H34N2O4/c1-18(15-23(28)31-5)12-13-25(29)21-11-7-6-10-20(21)22(16-24(25,2)3)26-27-14-8-9-19(27)17-30-4/h6-7,10-13,15,19,29H,8-9,14,16-17H2,1-5H3/b13-12+,18-15+,26-22-. The molecule has 168 valence electrons. The number of nitrogens with zero attached hydrogens (tertiary/aromatic N) is 2. The molecule has 1 aromatic carbocycles. The van der Waals surface area contributed by atoms with Crippen LogP contribution in [0.1, 0.15) is 51.2 Å². The summed E-state index contributed by atoms with van der Waals surface area (Å²) in [7, 11) is 3.08. The van der Waals surface area contributed by atoms with Crippen molar-refractivity contribution in [3.63, 3.8) is 0 Å². The van der Waals surface area contributed by atoms with E-state index in [2.05, 4.69) is 18.9 Å². The maximum Gasteiger partial charge on any atom is 0.330 e. The van der Waals surface area contributed by atoms with Crippen LogP contribution in [0.3, 0.4) is 0 Å². The Balaban J connectivity index is 2.01. The van der Waals surface area contributed by atoms with Gasteiger partial charge in [-0.1, -0.05) is 44.2 Å². The molecule has 1 saturated heterocycles. The van der Waals surface area contributed by atoms with Gasteiger partial charge in [0.2, 0.25) is 0 Å². The van der Waals surface area contributed by atoms with Gasteiger partial charge in [0, 0.05) is 37.1 Å². The zero-order valence-corrected chi connectivity index (χ0v) is 19.2. The van der Waals surface area contributed by atoms with Crippen LogP contribution in [0, 0.1) is 5.41 Å². The van der Waals surface area contributed by atoms with Crippen molar-refractivity contribution in [1.29, 1.82) is 0 Å². The van der Waals surface area contributed by atoms with Crippen LogP contribution in [0.15, 0.2) is 53.2 Å². The maximum atomic E-state index is 11.9. The number of hydrazone groups is 1. The molecule has 0 amide bonds. The Morgan fingerprint density at radius 2 is 2.06 bits per heavy atom. The second-order valence-electron chi connectivity index (χ2n) is 9.08. The molecular weight excluding hydrogens is 392 g/mol. The largest absolute Gasteiger partial charge is 0.466 e. The van der Waals surface area contributed by atoms with Crippen molar-refractivity contribution in [2.45, 2.75) is 51.7 Å². The van der Waals surface area contributed by atoms with Crippen LogP contribution in [0.4, 0.5) is 0 Å². The third kappa shape index (κ3) is 4.75. The Bertz CT molecular complexity index is 903. The van der Waals surface area contributed by atoms with E-state index in [0.29, 0.717) is 24.6 Å². The molecule has 1 aliphatic carbocycles. The van der Waals surface area contributed by atoms with Crippen molar-refractivity contribution in [3.8, 4) is 0 Å². The van der Waals surface area contributed by atoms with E-state index in [9.17, 15) is 9.90 Å². The van der Waals surface area contributed by atoms with Crippen LogP contribution in [-0.4, -0.2) is 55.2 Å². The van der Waals surface area contributed by atoms with Crippen LogP contribution in [0.5, 0.6) is 0 Å². The van der Waals surface area contributed by atoms with Crippen molar-refractivity contribution in [2.24, 2.45) is 10.5 Å². The molecule has 0 aromatic heterocycles. The molecule has 1 aliphatic heterocycles. The Morgan fingerprint density at radius 3 is 2.77 bits per heavy atom. The van der Waals surface area contributed by atoms with Gasteiger partial charge in [-0.05, 0) is 37.0 Å². The Hall–Kier alpha value is -2.44. The summed E-state index contributed by atoms with van der Waals surface area (Å²) in [5.74, 6) is -0.414. The van der Waals surface area contributed by atoms with Crippen molar-refractivity contribution in [3.05, 3.63) is 59.2 Å². The molecule has 1 fully saturated rings. The molecule has 2 atom stereocenters. The Morgan fingerprint density at radius 1 is 1.32 bits per heavy atom. The molecular formula is C25H34N2O4. The quantitative estimate of drug-likeness (QED) is 0.426. The molecule has 1 N–H and O–H groups in total. The zero-order valence-electron chi connectivity index (χ0n) is 19.2. The summed E-state index contributed by atoms with van der Waals surface area (Å²) in [6.45, 7) is 7.51. The summed E-state index contributed by atoms with van der Waals surface area (Å²) in [6.07, 6.45) is 7.80. The topological polar surface area (TPSA) is 71.4 Å². The Labute approximate surface area is 185 Å².